The van der Waals surface area contributed by atoms with Crippen LogP contribution in [0, 0.1) is 0 Å². The van der Waals surface area contributed by atoms with Crippen molar-refractivity contribution in [3.8, 4) is 78.7 Å². The SMILES string of the molecule is C[Si]1(C)c2ccc(-c3nc(-c4ccccc4)nc(-c4ccc5c(c4-c4ccccc4)-c4ccccc4[Si]5(C)C)n3)cc2-c2c(-c3ccccc3)cccc21. The highest BCUT2D eigenvalue weighted by Crippen LogP contribution is 2.43. The zero-order valence-electron chi connectivity index (χ0n) is 30.9. The summed E-state index contributed by atoms with van der Waals surface area (Å²) in [4.78, 5) is 15.9. The fourth-order valence-electron chi connectivity index (χ4n) is 9.03. The van der Waals surface area contributed by atoms with E-state index in [-0.39, 0.29) is 0 Å². The highest BCUT2D eigenvalue weighted by molar-refractivity contribution is 7.04. The number of hydrogen-bond donors (Lipinski definition) is 0. The van der Waals surface area contributed by atoms with Crippen LogP contribution < -0.4 is 20.7 Å². The Bertz CT molecular complexity index is 2760. The molecule has 54 heavy (non-hydrogen) atoms. The third-order valence-corrected chi connectivity index (χ3v) is 18.9. The number of aromatic nitrogens is 3. The zero-order valence-corrected chi connectivity index (χ0v) is 32.9. The topological polar surface area (TPSA) is 38.7 Å². The van der Waals surface area contributed by atoms with Crippen molar-refractivity contribution in [3.63, 3.8) is 0 Å². The van der Waals surface area contributed by atoms with Gasteiger partial charge in [-0.3, -0.25) is 0 Å². The van der Waals surface area contributed by atoms with Gasteiger partial charge < -0.3 is 0 Å². The molecule has 0 bridgehead atoms. The number of hydrogen-bond acceptors (Lipinski definition) is 3. The quantitative estimate of drug-likeness (QED) is 0.166. The summed E-state index contributed by atoms with van der Waals surface area (Å²) in [6.45, 7) is 9.89. The first kappa shape index (κ1) is 32.6. The van der Waals surface area contributed by atoms with E-state index in [2.05, 4.69) is 184 Å². The van der Waals surface area contributed by atoms with Gasteiger partial charge in [0.05, 0.1) is 0 Å². The Morgan fingerprint density at radius 1 is 0.296 bits per heavy atom. The first-order valence-electron chi connectivity index (χ1n) is 18.8. The lowest BCUT2D eigenvalue weighted by atomic mass is 9.90. The second-order valence-electron chi connectivity index (χ2n) is 15.6. The van der Waals surface area contributed by atoms with Gasteiger partial charge in [-0.1, -0.05) is 184 Å². The Morgan fingerprint density at radius 2 is 0.796 bits per heavy atom. The van der Waals surface area contributed by atoms with Crippen LogP contribution in [0.3, 0.4) is 0 Å². The van der Waals surface area contributed by atoms with Gasteiger partial charge in [-0.15, -0.1) is 0 Å². The third kappa shape index (κ3) is 4.96. The first-order valence-corrected chi connectivity index (χ1v) is 24.8. The van der Waals surface area contributed by atoms with Crippen molar-refractivity contribution in [3.05, 3.63) is 164 Å². The van der Waals surface area contributed by atoms with Gasteiger partial charge in [-0.05, 0) is 65.8 Å². The molecule has 0 amide bonds. The van der Waals surface area contributed by atoms with Crippen molar-refractivity contribution in [2.75, 3.05) is 0 Å². The monoisotopic (exact) mass is 725 g/mol. The van der Waals surface area contributed by atoms with Crippen molar-refractivity contribution >= 4 is 36.9 Å². The molecule has 3 heterocycles. The van der Waals surface area contributed by atoms with Crippen molar-refractivity contribution in [1.29, 1.82) is 0 Å². The van der Waals surface area contributed by atoms with Crippen LogP contribution in [0.15, 0.2) is 164 Å². The molecule has 0 aliphatic carbocycles. The van der Waals surface area contributed by atoms with Crippen LogP contribution in [0.4, 0.5) is 0 Å². The molecule has 2 aliphatic rings. The van der Waals surface area contributed by atoms with Crippen LogP contribution in [0.1, 0.15) is 0 Å². The van der Waals surface area contributed by atoms with Crippen LogP contribution in [-0.2, 0) is 0 Å². The summed E-state index contributed by atoms with van der Waals surface area (Å²) in [6.07, 6.45) is 0. The third-order valence-electron chi connectivity index (χ3n) is 11.8. The summed E-state index contributed by atoms with van der Waals surface area (Å²) in [5.41, 5.74) is 13.2. The average molecular weight is 726 g/mol. The average Bonchev–Trinajstić information content (AvgIpc) is 3.60. The zero-order chi connectivity index (χ0) is 36.6. The van der Waals surface area contributed by atoms with Gasteiger partial charge in [0.25, 0.3) is 0 Å². The maximum Gasteiger partial charge on any atom is 0.164 e. The van der Waals surface area contributed by atoms with Crippen molar-refractivity contribution in [2.24, 2.45) is 0 Å². The molecule has 7 aromatic carbocycles. The molecule has 0 saturated heterocycles. The predicted molar refractivity (Wildman–Crippen MR) is 231 cm³/mol. The molecule has 0 radical (unpaired) electrons. The van der Waals surface area contributed by atoms with Crippen LogP contribution in [0.25, 0.3) is 78.7 Å². The maximum atomic E-state index is 5.40. The largest absolute Gasteiger partial charge is 0.208 e. The minimum Gasteiger partial charge on any atom is -0.208 e. The van der Waals surface area contributed by atoms with Crippen molar-refractivity contribution in [1.82, 2.24) is 15.0 Å². The maximum absolute atomic E-state index is 5.40. The number of rotatable bonds is 5. The van der Waals surface area contributed by atoms with Crippen LogP contribution in [-0.4, -0.2) is 31.1 Å². The molecular formula is C49H39N3Si2. The normalized spacial score (nSPS) is 14.2. The molecule has 0 spiro atoms. The highest BCUT2D eigenvalue weighted by Gasteiger charge is 2.41. The Hall–Kier alpha value is -6.02. The summed E-state index contributed by atoms with van der Waals surface area (Å²) in [6, 6.07) is 59.4. The van der Waals surface area contributed by atoms with E-state index >= 15 is 0 Å². The minimum atomic E-state index is -1.94. The molecule has 3 nitrogen and oxygen atoms in total. The molecule has 0 unspecified atom stereocenters. The van der Waals surface area contributed by atoms with Gasteiger partial charge in [0.15, 0.2) is 17.5 Å². The lowest BCUT2D eigenvalue weighted by Gasteiger charge is -2.21. The summed E-state index contributed by atoms with van der Waals surface area (Å²) in [7, 11) is -3.87. The smallest absolute Gasteiger partial charge is 0.164 e. The summed E-state index contributed by atoms with van der Waals surface area (Å²) >= 11 is 0. The number of fused-ring (bicyclic) bond motifs is 6. The van der Waals surface area contributed by atoms with Crippen LogP contribution in [0.5, 0.6) is 0 Å². The lowest BCUT2D eigenvalue weighted by Crippen LogP contribution is -2.49. The van der Waals surface area contributed by atoms with E-state index in [1.807, 2.05) is 6.07 Å². The molecule has 8 aromatic rings. The van der Waals surface area contributed by atoms with E-state index in [1.165, 1.54) is 65.3 Å². The Morgan fingerprint density at radius 3 is 1.50 bits per heavy atom. The molecule has 0 saturated carbocycles. The molecule has 10 rings (SSSR count). The molecule has 5 heteroatoms. The Balaban J connectivity index is 1.23. The van der Waals surface area contributed by atoms with E-state index in [9.17, 15) is 0 Å². The van der Waals surface area contributed by atoms with E-state index < -0.39 is 16.1 Å². The molecule has 0 N–H and O–H groups in total. The van der Waals surface area contributed by atoms with Gasteiger partial charge in [0.2, 0.25) is 0 Å². The molecule has 1 aromatic heterocycles. The summed E-state index contributed by atoms with van der Waals surface area (Å²) in [5, 5.41) is 5.88. The molecule has 2 aliphatic heterocycles. The molecule has 0 fully saturated rings. The Kier molecular flexibility index (Phi) is 7.41. The second kappa shape index (κ2) is 12.3. The lowest BCUT2D eigenvalue weighted by molar-refractivity contribution is 1.07. The van der Waals surface area contributed by atoms with Gasteiger partial charge >= 0.3 is 0 Å². The van der Waals surface area contributed by atoms with E-state index in [4.69, 9.17) is 15.0 Å². The fourth-order valence-corrected chi connectivity index (χ4v) is 15.2. The Labute approximate surface area is 319 Å². The van der Waals surface area contributed by atoms with E-state index in [1.54, 1.807) is 0 Å². The highest BCUT2D eigenvalue weighted by atomic mass is 28.3. The van der Waals surface area contributed by atoms with E-state index in [0.29, 0.717) is 17.5 Å². The van der Waals surface area contributed by atoms with Gasteiger partial charge in [-0.25, -0.2) is 15.0 Å². The van der Waals surface area contributed by atoms with Crippen molar-refractivity contribution < 1.29 is 0 Å². The molecule has 258 valence electrons. The van der Waals surface area contributed by atoms with Gasteiger partial charge in [0.1, 0.15) is 16.1 Å². The number of benzene rings is 7. The standard InChI is InChI=1S/C49H39N3Si2/c1-53(2)40-25-15-14-23-37(40)46-43(53)30-28-38(44(46)33-19-10-6-11-20-33)49-51-47(34-21-12-7-13-22-34)50-48(52-49)35-27-29-41-39(31-35)45-36(32-17-8-5-9-18-32)24-16-26-42(45)54(41,3)4/h5-31H,1-4H3. The van der Waals surface area contributed by atoms with Crippen LogP contribution in [0.2, 0.25) is 26.2 Å². The van der Waals surface area contributed by atoms with E-state index in [0.717, 1.165) is 16.7 Å². The minimum absolute atomic E-state index is 0.672. The first-order chi connectivity index (χ1) is 26.3. The second-order valence-corrected chi connectivity index (χ2v) is 24.3. The predicted octanol–water partition coefficient (Wildman–Crippen LogP) is 9.81. The number of nitrogens with zero attached hydrogens (tertiary/aromatic N) is 3. The summed E-state index contributed by atoms with van der Waals surface area (Å²) < 4.78 is 0. The van der Waals surface area contributed by atoms with Crippen LogP contribution >= 0.6 is 0 Å². The van der Waals surface area contributed by atoms with Gasteiger partial charge in [0, 0.05) is 22.3 Å². The molecular weight excluding hydrogens is 687 g/mol. The van der Waals surface area contributed by atoms with Crippen molar-refractivity contribution in [2.45, 2.75) is 26.2 Å². The summed E-state index contributed by atoms with van der Waals surface area (Å²) in [5.74, 6) is 2.04. The molecule has 0 atom stereocenters. The fraction of sp³-hybridized carbons (Fsp3) is 0.0816. The van der Waals surface area contributed by atoms with Gasteiger partial charge in [-0.2, -0.15) is 0 Å².